The fourth-order valence-electron chi connectivity index (χ4n) is 2.00. The predicted molar refractivity (Wildman–Crippen MR) is 85.5 cm³/mol. The van der Waals surface area contributed by atoms with Gasteiger partial charge in [-0.3, -0.25) is 9.59 Å². The minimum Gasteiger partial charge on any atom is -0.493 e. The van der Waals surface area contributed by atoms with Crippen LogP contribution in [0.25, 0.3) is 0 Å². The monoisotopic (exact) mass is 333 g/mol. The maximum atomic E-state index is 12.1. The molecular weight excluding hydrogens is 314 g/mol. The number of methoxy groups -OCH3 is 2. The molecule has 8 heteroatoms. The third-order valence-corrected chi connectivity index (χ3v) is 3.20. The molecule has 0 aliphatic carbocycles. The Morgan fingerprint density at radius 1 is 1.04 bits per heavy atom. The van der Waals surface area contributed by atoms with Crippen LogP contribution in [0.3, 0.4) is 0 Å². The molecule has 0 aliphatic rings. The second kappa shape index (κ2) is 8.00. The molecule has 0 aliphatic heterocycles. The van der Waals surface area contributed by atoms with Crippen LogP contribution >= 0.6 is 0 Å². The number of nitrogens with one attached hydrogen (secondary N) is 2. The average molecular weight is 333 g/mol. The van der Waals surface area contributed by atoms with Gasteiger partial charge in [-0.25, -0.2) is 0 Å². The highest BCUT2D eigenvalue weighted by atomic mass is 16.5. The summed E-state index contributed by atoms with van der Waals surface area (Å²) in [5.41, 5.74) is 0.643. The number of aryl methyl sites for hydroxylation is 1. The minimum atomic E-state index is -0.354. The van der Waals surface area contributed by atoms with E-state index in [1.54, 1.807) is 25.1 Å². The van der Waals surface area contributed by atoms with Crippen LogP contribution in [-0.4, -0.2) is 44.3 Å². The van der Waals surface area contributed by atoms with E-state index in [1.807, 2.05) is 0 Å². The van der Waals surface area contributed by atoms with Gasteiger partial charge in [0.05, 0.1) is 14.2 Å². The Kier molecular flexibility index (Phi) is 5.78. The van der Waals surface area contributed by atoms with Gasteiger partial charge in [-0.1, -0.05) is 5.16 Å². The van der Waals surface area contributed by atoms with Crippen LogP contribution in [0.5, 0.6) is 11.5 Å². The summed E-state index contributed by atoms with van der Waals surface area (Å²) in [5, 5.41) is 8.96. The first-order valence-electron chi connectivity index (χ1n) is 7.27. The van der Waals surface area contributed by atoms with Crippen molar-refractivity contribution in [3.63, 3.8) is 0 Å². The molecule has 2 rings (SSSR count). The Balaban J connectivity index is 1.82. The van der Waals surface area contributed by atoms with Gasteiger partial charge in [0.2, 0.25) is 0 Å². The first-order chi connectivity index (χ1) is 11.5. The van der Waals surface area contributed by atoms with Crippen molar-refractivity contribution in [3.05, 3.63) is 41.3 Å². The van der Waals surface area contributed by atoms with Crippen LogP contribution in [-0.2, 0) is 0 Å². The van der Waals surface area contributed by atoms with Crippen LogP contribution in [0, 0.1) is 6.92 Å². The number of amides is 2. The molecule has 0 spiro atoms. The maximum absolute atomic E-state index is 12.1. The lowest BCUT2D eigenvalue weighted by atomic mass is 10.2. The lowest BCUT2D eigenvalue weighted by Gasteiger charge is -2.10. The first kappa shape index (κ1) is 17.3. The zero-order valence-corrected chi connectivity index (χ0v) is 13.7. The molecule has 0 saturated heterocycles. The van der Waals surface area contributed by atoms with E-state index in [-0.39, 0.29) is 30.6 Å². The van der Waals surface area contributed by atoms with Crippen LogP contribution in [0.15, 0.2) is 28.8 Å². The van der Waals surface area contributed by atoms with E-state index in [2.05, 4.69) is 15.8 Å². The van der Waals surface area contributed by atoms with Crippen molar-refractivity contribution in [1.29, 1.82) is 0 Å². The Hall–Kier alpha value is -3.03. The molecule has 2 amide bonds. The molecule has 2 N–H and O–H groups in total. The Bertz CT molecular complexity index is 726. The molecule has 1 aromatic carbocycles. The summed E-state index contributed by atoms with van der Waals surface area (Å²) in [6.07, 6.45) is 0. The van der Waals surface area contributed by atoms with Crippen LogP contribution < -0.4 is 20.1 Å². The highest BCUT2D eigenvalue weighted by Crippen LogP contribution is 2.27. The molecular formula is C16H19N3O5. The summed E-state index contributed by atoms with van der Waals surface area (Å²) < 4.78 is 15.1. The van der Waals surface area contributed by atoms with Crippen molar-refractivity contribution in [3.8, 4) is 11.5 Å². The van der Waals surface area contributed by atoms with Gasteiger partial charge in [-0.05, 0) is 25.1 Å². The Morgan fingerprint density at radius 2 is 1.71 bits per heavy atom. The number of aromatic nitrogens is 1. The van der Waals surface area contributed by atoms with Crippen LogP contribution in [0.2, 0.25) is 0 Å². The third-order valence-electron chi connectivity index (χ3n) is 3.20. The van der Waals surface area contributed by atoms with Crippen molar-refractivity contribution in [2.45, 2.75) is 6.92 Å². The zero-order valence-electron chi connectivity index (χ0n) is 13.7. The van der Waals surface area contributed by atoms with Crippen molar-refractivity contribution < 1.29 is 23.6 Å². The van der Waals surface area contributed by atoms with E-state index in [9.17, 15) is 9.59 Å². The molecule has 1 heterocycles. The van der Waals surface area contributed by atoms with Crippen molar-refractivity contribution >= 4 is 11.8 Å². The lowest BCUT2D eigenvalue weighted by Crippen LogP contribution is -2.34. The van der Waals surface area contributed by atoms with E-state index in [4.69, 9.17) is 14.0 Å². The molecule has 0 bridgehead atoms. The van der Waals surface area contributed by atoms with E-state index < -0.39 is 0 Å². The normalized spacial score (nSPS) is 10.1. The quantitative estimate of drug-likeness (QED) is 0.737. The molecule has 128 valence electrons. The van der Waals surface area contributed by atoms with Gasteiger partial charge in [0.25, 0.3) is 11.8 Å². The Labute approximate surface area is 139 Å². The second-order valence-corrected chi connectivity index (χ2v) is 4.90. The molecule has 8 nitrogen and oxygen atoms in total. The average Bonchev–Trinajstić information content (AvgIpc) is 3.04. The van der Waals surface area contributed by atoms with Crippen molar-refractivity contribution in [2.75, 3.05) is 27.3 Å². The number of benzene rings is 1. The molecule has 0 atom stereocenters. The Morgan fingerprint density at radius 3 is 2.29 bits per heavy atom. The first-order valence-corrected chi connectivity index (χ1v) is 7.27. The number of carbonyl (C=O) groups excluding carboxylic acids is 2. The highest BCUT2D eigenvalue weighted by molar-refractivity contribution is 5.95. The van der Waals surface area contributed by atoms with Gasteiger partial charge in [-0.15, -0.1) is 0 Å². The second-order valence-electron chi connectivity index (χ2n) is 4.90. The van der Waals surface area contributed by atoms with Crippen LogP contribution in [0.1, 0.15) is 26.6 Å². The van der Waals surface area contributed by atoms with Crippen molar-refractivity contribution in [1.82, 2.24) is 15.8 Å². The molecule has 1 aromatic heterocycles. The van der Waals surface area contributed by atoms with Crippen molar-refractivity contribution in [2.24, 2.45) is 0 Å². The summed E-state index contributed by atoms with van der Waals surface area (Å²) in [5.74, 6) is 0.945. The molecule has 0 fully saturated rings. The largest absolute Gasteiger partial charge is 0.493 e. The number of nitrogens with zero attached hydrogens (tertiary/aromatic N) is 1. The van der Waals surface area contributed by atoms with Gasteiger partial charge in [0.1, 0.15) is 5.76 Å². The summed E-state index contributed by atoms with van der Waals surface area (Å²) in [6, 6.07) is 6.42. The molecule has 0 radical (unpaired) electrons. The summed E-state index contributed by atoms with van der Waals surface area (Å²) in [4.78, 5) is 23.8. The number of hydrogen-bond acceptors (Lipinski definition) is 6. The van der Waals surface area contributed by atoms with E-state index in [1.165, 1.54) is 20.3 Å². The molecule has 24 heavy (non-hydrogen) atoms. The zero-order chi connectivity index (χ0) is 17.5. The van der Waals surface area contributed by atoms with Gasteiger partial charge in [0, 0.05) is 24.7 Å². The standard InChI is InChI=1S/C16H19N3O5/c1-10-8-12(19-24-10)16(21)18-7-6-17-15(20)11-4-5-13(22-2)14(9-11)23-3/h4-5,8-9H,6-7H2,1-3H3,(H,17,20)(H,18,21). The topological polar surface area (TPSA) is 103 Å². The molecule has 0 unspecified atom stereocenters. The number of rotatable bonds is 7. The third kappa shape index (κ3) is 4.25. The van der Waals surface area contributed by atoms with E-state index >= 15 is 0 Å². The number of ether oxygens (including phenoxy) is 2. The van der Waals surface area contributed by atoms with Gasteiger partial charge in [-0.2, -0.15) is 0 Å². The van der Waals surface area contributed by atoms with E-state index in [0.29, 0.717) is 22.8 Å². The van der Waals surface area contributed by atoms with E-state index in [0.717, 1.165) is 0 Å². The maximum Gasteiger partial charge on any atom is 0.273 e. The summed E-state index contributed by atoms with van der Waals surface area (Å²) >= 11 is 0. The predicted octanol–water partition coefficient (Wildman–Crippen LogP) is 1.16. The molecule has 0 saturated carbocycles. The summed E-state index contributed by atoms with van der Waals surface area (Å²) in [7, 11) is 3.03. The van der Waals surface area contributed by atoms with Gasteiger partial charge >= 0.3 is 0 Å². The fraction of sp³-hybridized carbons (Fsp3) is 0.312. The highest BCUT2D eigenvalue weighted by Gasteiger charge is 2.12. The molecule has 2 aromatic rings. The number of hydrogen-bond donors (Lipinski definition) is 2. The minimum absolute atomic E-state index is 0.207. The lowest BCUT2D eigenvalue weighted by molar-refractivity contribution is 0.0922. The smallest absolute Gasteiger partial charge is 0.273 e. The van der Waals surface area contributed by atoms with Gasteiger partial charge in [0.15, 0.2) is 17.2 Å². The number of carbonyl (C=O) groups is 2. The summed E-state index contributed by atoms with van der Waals surface area (Å²) in [6.45, 7) is 2.24. The SMILES string of the molecule is COc1ccc(C(=O)NCCNC(=O)c2cc(C)on2)cc1OC. The fourth-order valence-corrected chi connectivity index (χ4v) is 2.00. The van der Waals surface area contributed by atoms with Crippen LogP contribution in [0.4, 0.5) is 0 Å². The van der Waals surface area contributed by atoms with Gasteiger partial charge < -0.3 is 24.6 Å².